The second kappa shape index (κ2) is 8.12. The number of ether oxygens (including phenoxy) is 2. The summed E-state index contributed by atoms with van der Waals surface area (Å²) in [5, 5.41) is 0. The van der Waals surface area contributed by atoms with E-state index in [1.165, 1.54) is 22.3 Å². The number of hydrogen-bond donors (Lipinski definition) is 1. The van der Waals surface area contributed by atoms with Crippen LogP contribution in [0.1, 0.15) is 34.7 Å². The van der Waals surface area contributed by atoms with Gasteiger partial charge in [-0.1, -0.05) is 12.1 Å². The summed E-state index contributed by atoms with van der Waals surface area (Å²) in [6.45, 7) is 14.9. The molecule has 1 atom stereocenters. The number of nitrogens with two attached hydrogens (primary N) is 1. The van der Waals surface area contributed by atoms with Crippen molar-refractivity contribution in [2.75, 3.05) is 45.6 Å². The van der Waals surface area contributed by atoms with Crippen LogP contribution in [0.4, 0.5) is 5.69 Å². The first-order valence-corrected chi connectivity index (χ1v) is 10.9. The fraction of sp³-hybridized carbons (Fsp3) is 0.520. The van der Waals surface area contributed by atoms with Crippen LogP contribution in [0.15, 0.2) is 24.3 Å². The molecule has 2 N–H and O–H groups in total. The van der Waals surface area contributed by atoms with Crippen LogP contribution in [0.25, 0.3) is 0 Å². The first kappa shape index (κ1) is 21.0. The van der Waals surface area contributed by atoms with Crippen molar-refractivity contribution < 1.29 is 9.47 Å². The van der Waals surface area contributed by atoms with Gasteiger partial charge < -0.3 is 15.2 Å². The standard InChI is InChI=1S/C25H35N3O2/c1-17-18(2)24-22(19(3)23(17)26)14-25(4,30-24)16-28-12-10-27(11-13-28)15-20-6-8-21(29-5)9-7-20/h6-9H,10-16,26H2,1-5H3. The van der Waals surface area contributed by atoms with Crippen LogP contribution in [-0.4, -0.2) is 55.2 Å². The fourth-order valence-electron chi connectivity index (χ4n) is 4.88. The van der Waals surface area contributed by atoms with Gasteiger partial charge in [-0.2, -0.15) is 0 Å². The summed E-state index contributed by atoms with van der Waals surface area (Å²) in [5.74, 6) is 1.98. The van der Waals surface area contributed by atoms with Crippen LogP contribution < -0.4 is 15.2 Å². The van der Waals surface area contributed by atoms with E-state index in [1.807, 2.05) is 12.1 Å². The van der Waals surface area contributed by atoms with Crippen LogP contribution >= 0.6 is 0 Å². The molecule has 0 radical (unpaired) electrons. The summed E-state index contributed by atoms with van der Waals surface area (Å²) in [4.78, 5) is 5.08. The van der Waals surface area contributed by atoms with Gasteiger partial charge in [0.05, 0.1) is 7.11 Å². The van der Waals surface area contributed by atoms with Crippen molar-refractivity contribution in [1.82, 2.24) is 9.80 Å². The number of nitrogen functional groups attached to an aromatic ring is 1. The maximum Gasteiger partial charge on any atom is 0.127 e. The van der Waals surface area contributed by atoms with Gasteiger partial charge in [-0.15, -0.1) is 0 Å². The summed E-state index contributed by atoms with van der Waals surface area (Å²) >= 11 is 0. The summed E-state index contributed by atoms with van der Waals surface area (Å²) < 4.78 is 11.8. The number of benzene rings is 2. The zero-order valence-electron chi connectivity index (χ0n) is 19.0. The number of nitrogens with zero attached hydrogens (tertiary/aromatic N) is 2. The Morgan fingerprint density at radius 2 is 1.60 bits per heavy atom. The third-order valence-electron chi connectivity index (χ3n) is 6.93. The first-order valence-electron chi connectivity index (χ1n) is 10.9. The minimum atomic E-state index is -0.184. The van der Waals surface area contributed by atoms with Gasteiger partial charge in [0.1, 0.15) is 17.1 Å². The third-order valence-corrected chi connectivity index (χ3v) is 6.93. The van der Waals surface area contributed by atoms with Crippen LogP contribution in [0, 0.1) is 20.8 Å². The zero-order chi connectivity index (χ0) is 21.5. The molecule has 2 aromatic rings. The smallest absolute Gasteiger partial charge is 0.127 e. The highest BCUT2D eigenvalue weighted by atomic mass is 16.5. The van der Waals surface area contributed by atoms with Crippen molar-refractivity contribution in [3.05, 3.63) is 52.1 Å². The van der Waals surface area contributed by atoms with E-state index >= 15 is 0 Å². The molecule has 0 aliphatic carbocycles. The molecule has 0 amide bonds. The van der Waals surface area contributed by atoms with E-state index in [9.17, 15) is 0 Å². The van der Waals surface area contributed by atoms with Gasteiger partial charge in [0.15, 0.2) is 0 Å². The van der Waals surface area contributed by atoms with Gasteiger partial charge in [-0.25, -0.2) is 0 Å². The Morgan fingerprint density at radius 3 is 2.23 bits per heavy atom. The molecule has 2 aliphatic rings. The minimum absolute atomic E-state index is 0.184. The van der Waals surface area contributed by atoms with E-state index in [-0.39, 0.29) is 5.60 Å². The van der Waals surface area contributed by atoms with Crippen molar-refractivity contribution in [3.8, 4) is 11.5 Å². The van der Waals surface area contributed by atoms with E-state index in [0.717, 1.165) is 68.4 Å². The predicted molar refractivity (Wildman–Crippen MR) is 123 cm³/mol. The number of anilines is 1. The molecule has 1 unspecified atom stereocenters. The lowest BCUT2D eigenvalue weighted by Crippen LogP contribution is -2.52. The molecular formula is C25H35N3O2. The molecule has 30 heavy (non-hydrogen) atoms. The van der Waals surface area contributed by atoms with Crippen LogP contribution in [0.3, 0.4) is 0 Å². The maximum absolute atomic E-state index is 6.57. The molecule has 0 spiro atoms. The topological polar surface area (TPSA) is 51.0 Å². The van der Waals surface area contributed by atoms with Crippen molar-refractivity contribution >= 4 is 5.69 Å². The number of fused-ring (bicyclic) bond motifs is 1. The Labute approximate surface area is 180 Å². The van der Waals surface area contributed by atoms with Crippen molar-refractivity contribution in [1.29, 1.82) is 0 Å². The lowest BCUT2D eigenvalue weighted by molar-refractivity contribution is 0.0364. The molecule has 5 nitrogen and oxygen atoms in total. The number of piperazine rings is 1. The molecular weight excluding hydrogens is 374 g/mol. The van der Waals surface area contributed by atoms with Gasteiger partial charge in [0.25, 0.3) is 0 Å². The largest absolute Gasteiger partial charge is 0.497 e. The van der Waals surface area contributed by atoms with Crippen molar-refractivity contribution in [3.63, 3.8) is 0 Å². The van der Waals surface area contributed by atoms with Gasteiger partial charge in [0, 0.05) is 56.9 Å². The average molecular weight is 410 g/mol. The second-order valence-electron chi connectivity index (χ2n) is 9.23. The molecule has 2 aromatic carbocycles. The van der Waals surface area contributed by atoms with Crippen molar-refractivity contribution in [2.24, 2.45) is 0 Å². The fourth-order valence-corrected chi connectivity index (χ4v) is 4.88. The second-order valence-corrected chi connectivity index (χ2v) is 9.23. The molecule has 5 heteroatoms. The SMILES string of the molecule is COc1ccc(CN2CCN(CC3(C)Cc4c(C)c(N)c(C)c(C)c4O3)CC2)cc1. The van der Waals surface area contributed by atoms with E-state index in [1.54, 1.807) is 7.11 Å². The molecule has 0 bridgehead atoms. The molecule has 1 fully saturated rings. The highest BCUT2D eigenvalue weighted by molar-refractivity contribution is 5.66. The lowest BCUT2D eigenvalue weighted by Gasteiger charge is -2.38. The van der Waals surface area contributed by atoms with E-state index in [4.69, 9.17) is 15.2 Å². The predicted octanol–water partition coefficient (Wildman–Crippen LogP) is 3.71. The Hall–Kier alpha value is -2.24. The first-order chi connectivity index (χ1) is 14.3. The third kappa shape index (κ3) is 4.01. The molecule has 0 aromatic heterocycles. The Bertz CT molecular complexity index is 878. The van der Waals surface area contributed by atoms with E-state index in [2.05, 4.69) is 49.6 Å². The summed E-state index contributed by atoms with van der Waals surface area (Å²) in [6.07, 6.45) is 0.936. The van der Waals surface area contributed by atoms with Crippen molar-refractivity contribution in [2.45, 2.75) is 46.3 Å². The lowest BCUT2D eigenvalue weighted by atomic mass is 9.91. The quantitative estimate of drug-likeness (QED) is 0.763. The number of methoxy groups -OCH3 is 1. The van der Waals surface area contributed by atoms with E-state index in [0.29, 0.717) is 0 Å². The Morgan fingerprint density at radius 1 is 0.967 bits per heavy atom. The average Bonchev–Trinajstić information content (AvgIpc) is 3.10. The monoisotopic (exact) mass is 409 g/mol. The van der Waals surface area contributed by atoms with Gasteiger partial charge >= 0.3 is 0 Å². The maximum atomic E-state index is 6.57. The van der Waals surface area contributed by atoms with Crippen LogP contribution in [-0.2, 0) is 13.0 Å². The summed E-state index contributed by atoms with van der Waals surface area (Å²) in [5.41, 5.74) is 13.3. The summed E-state index contributed by atoms with van der Waals surface area (Å²) in [6, 6.07) is 8.41. The molecule has 0 saturated carbocycles. The molecule has 162 valence electrons. The summed E-state index contributed by atoms with van der Waals surface area (Å²) in [7, 11) is 1.71. The zero-order valence-corrected chi connectivity index (χ0v) is 19.0. The normalized spacial score (nSPS) is 22.0. The highest BCUT2D eigenvalue weighted by Gasteiger charge is 2.39. The highest BCUT2D eigenvalue weighted by Crippen LogP contribution is 2.43. The molecule has 4 rings (SSSR count). The molecule has 1 saturated heterocycles. The Kier molecular flexibility index (Phi) is 5.69. The van der Waals surface area contributed by atoms with Crippen LogP contribution in [0.2, 0.25) is 0 Å². The molecule has 2 heterocycles. The molecule has 2 aliphatic heterocycles. The minimum Gasteiger partial charge on any atom is -0.497 e. The van der Waals surface area contributed by atoms with Gasteiger partial charge in [0.2, 0.25) is 0 Å². The Balaban J connectivity index is 1.35. The van der Waals surface area contributed by atoms with Gasteiger partial charge in [-0.3, -0.25) is 9.80 Å². The van der Waals surface area contributed by atoms with Gasteiger partial charge in [-0.05, 0) is 62.1 Å². The van der Waals surface area contributed by atoms with E-state index < -0.39 is 0 Å². The number of rotatable bonds is 5. The van der Waals surface area contributed by atoms with Crippen LogP contribution in [0.5, 0.6) is 11.5 Å². The number of hydrogen-bond acceptors (Lipinski definition) is 5.